The fraction of sp³-hybridized carbons (Fsp3) is 0.927. The minimum Gasteiger partial charge on any atom is -0.390 e. The van der Waals surface area contributed by atoms with Gasteiger partial charge in [-0.05, 0) is 134 Å². The van der Waals surface area contributed by atoms with E-state index in [1.54, 1.807) is 0 Å². The summed E-state index contributed by atoms with van der Waals surface area (Å²) < 4.78 is 100. The highest BCUT2D eigenvalue weighted by Gasteiger charge is 2.63. The summed E-state index contributed by atoms with van der Waals surface area (Å²) in [5.41, 5.74) is 0.554. The maximum absolute atomic E-state index is 12.4. The van der Waals surface area contributed by atoms with Crippen LogP contribution in [0.2, 0.25) is 0 Å². The monoisotopic (exact) mass is 1200 g/mol. The van der Waals surface area contributed by atoms with Gasteiger partial charge < -0.3 is 109 Å². The number of fused-ring (bicyclic) bond motifs is 5. The van der Waals surface area contributed by atoms with Crippen LogP contribution < -0.4 is 0 Å². The predicted octanol–water partition coefficient (Wildman–Crippen LogP) is -1.30. The summed E-state index contributed by atoms with van der Waals surface area (Å²) in [5, 5.41) is 134. The molecule has 27 heteroatoms. The minimum absolute atomic E-state index is 0.0229. The lowest BCUT2D eigenvalue weighted by Crippen LogP contribution is -2.66. The van der Waals surface area contributed by atoms with Crippen LogP contribution in [0.4, 0.5) is 0 Å². The number of aliphatic hydroxyl groups excluding tert-OH is 11. The van der Waals surface area contributed by atoms with Gasteiger partial charge in [0.15, 0.2) is 31.5 Å². The quantitative estimate of drug-likeness (QED) is 0.0631. The molecule has 0 amide bonds. The van der Waals surface area contributed by atoms with E-state index < -0.39 is 194 Å². The van der Waals surface area contributed by atoms with Crippen LogP contribution in [0, 0.1) is 34.5 Å². The van der Waals surface area contributed by atoms with Crippen molar-refractivity contribution in [1.29, 1.82) is 0 Å². The smallest absolute Gasteiger partial charge is 0.390 e. The van der Waals surface area contributed by atoms with Crippen LogP contribution in [0.3, 0.4) is 0 Å². The fourth-order valence-electron chi connectivity index (χ4n) is 15.3. The largest absolute Gasteiger partial charge is 0.397 e. The SMILES string of the molecule is CC(C)=CCC[C@](C)(O)[C@H]1CCC2C3C[C@H](O[C@@H]4O[C@H](C)[C@@H](O)[C@H](O[C@@H]5OC[C@@H](O[C@@H]6OC[C@@H](O)[C@H](O)[C@H]6O[C@@H]6O[C@H](C)[C@H](O)[C@H](O)[C@H]6O)[C@H](O)[C@H]5O[C@@H]5O[C@H](C)[C@@H](O)[C@H](O)[C@H]5O)[C@H]4O)C4C[C@@H](OS(=O)(=O)O)CC[C@]4(C)C3=CC[C@@]21C. The first-order valence-corrected chi connectivity index (χ1v) is 30.4. The van der Waals surface area contributed by atoms with Crippen molar-refractivity contribution in [3.63, 3.8) is 0 Å². The molecule has 13 N–H and O–H groups in total. The lowest BCUT2D eigenvalue weighted by Gasteiger charge is -2.60. The summed E-state index contributed by atoms with van der Waals surface area (Å²) in [4.78, 5) is 0. The van der Waals surface area contributed by atoms with E-state index in [4.69, 9.17) is 51.6 Å². The van der Waals surface area contributed by atoms with Crippen LogP contribution in [-0.2, 0) is 62.0 Å². The maximum Gasteiger partial charge on any atom is 0.397 e. The van der Waals surface area contributed by atoms with E-state index in [9.17, 15) is 74.2 Å². The van der Waals surface area contributed by atoms with Gasteiger partial charge in [0, 0.05) is 0 Å². The lowest BCUT2D eigenvalue weighted by molar-refractivity contribution is -0.394. The molecule has 3 saturated carbocycles. The third-order valence-electron chi connectivity index (χ3n) is 19.9. The Morgan fingerprint density at radius 2 is 1.17 bits per heavy atom. The van der Waals surface area contributed by atoms with Crippen molar-refractivity contribution in [3.05, 3.63) is 23.3 Å². The molecule has 472 valence electrons. The molecule has 5 heterocycles. The summed E-state index contributed by atoms with van der Waals surface area (Å²) in [6, 6.07) is 0. The zero-order valence-corrected chi connectivity index (χ0v) is 48.5. The zero-order chi connectivity index (χ0) is 59.9. The third kappa shape index (κ3) is 12.8. The molecule has 0 aromatic heterocycles. The molecule has 0 spiro atoms. The number of aliphatic hydroxyl groups is 12. The van der Waals surface area contributed by atoms with Gasteiger partial charge in [0.25, 0.3) is 0 Å². The number of rotatable bonds is 16. The second-order valence-electron chi connectivity index (χ2n) is 25.7. The van der Waals surface area contributed by atoms with Crippen molar-refractivity contribution in [2.45, 2.75) is 272 Å². The first kappa shape index (κ1) is 64.9. The molecule has 0 radical (unpaired) electrons. The van der Waals surface area contributed by atoms with Crippen molar-refractivity contribution < 1.29 is 126 Å². The van der Waals surface area contributed by atoms with Crippen LogP contribution in [-0.4, -0.2) is 247 Å². The van der Waals surface area contributed by atoms with Gasteiger partial charge in [0.1, 0.15) is 91.6 Å². The highest BCUT2D eigenvalue weighted by Crippen LogP contribution is 2.67. The average Bonchev–Trinajstić information content (AvgIpc) is 1.78. The molecular weight excluding hydrogens is 1110 g/mol. The number of hydrogen-bond donors (Lipinski definition) is 13. The van der Waals surface area contributed by atoms with Crippen molar-refractivity contribution in [2.24, 2.45) is 34.5 Å². The highest BCUT2D eigenvalue weighted by atomic mass is 32.3. The minimum atomic E-state index is -4.85. The Bertz CT molecular complexity index is 2340. The second kappa shape index (κ2) is 25.2. The van der Waals surface area contributed by atoms with E-state index in [1.807, 2.05) is 20.8 Å². The molecule has 0 bridgehead atoms. The Morgan fingerprint density at radius 1 is 0.634 bits per heavy atom. The van der Waals surface area contributed by atoms with E-state index >= 15 is 0 Å². The summed E-state index contributed by atoms with van der Waals surface area (Å²) in [7, 11) is -4.85. The Kier molecular flexibility index (Phi) is 19.9. The topological polar surface area (TPSA) is 399 Å². The van der Waals surface area contributed by atoms with Gasteiger partial charge >= 0.3 is 10.4 Å². The van der Waals surface area contributed by atoms with E-state index in [0.717, 1.165) is 25.7 Å². The molecule has 0 aromatic rings. The molecular formula is C55H90O26S. The van der Waals surface area contributed by atoms with Crippen LogP contribution in [0.5, 0.6) is 0 Å². The number of ether oxygens (including phenoxy) is 10. The average molecular weight is 1200 g/mol. The van der Waals surface area contributed by atoms with Crippen molar-refractivity contribution >= 4 is 10.4 Å². The van der Waals surface area contributed by atoms with Crippen molar-refractivity contribution in [3.8, 4) is 0 Å². The lowest BCUT2D eigenvalue weighted by atomic mass is 9.47. The molecule has 0 aromatic carbocycles. The van der Waals surface area contributed by atoms with Crippen LogP contribution in [0.25, 0.3) is 0 Å². The molecule has 32 atom stereocenters. The molecule has 9 rings (SSSR count). The van der Waals surface area contributed by atoms with Gasteiger partial charge in [-0.3, -0.25) is 4.55 Å². The Balaban J connectivity index is 0.972. The van der Waals surface area contributed by atoms with Gasteiger partial charge in [-0.1, -0.05) is 37.1 Å². The number of allylic oxidation sites excluding steroid dienone is 4. The van der Waals surface area contributed by atoms with Crippen molar-refractivity contribution in [1.82, 2.24) is 0 Å². The van der Waals surface area contributed by atoms with E-state index in [1.165, 1.54) is 31.9 Å². The van der Waals surface area contributed by atoms with Gasteiger partial charge in [0.05, 0.1) is 49.3 Å². The molecule has 3 unspecified atom stereocenters. The first-order chi connectivity index (χ1) is 38.3. The predicted molar refractivity (Wildman–Crippen MR) is 279 cm³/mol. The Hall–Kier alpha value is -1.53. The van der Waals surface area contributed by atoms with Crippen LogP contribution in [0.15, 0.2) is 23.3 Å². The van der Waals surface area contributed by atoms with Gasteiger partial charge in [-0.15, -0.1) is 0 Å². The molecule has 82 heavy (non-hydrogen) atoms. The summed E-state index contributed by atoms with van der Waals surface area (Å²) >= 11 is 0. The van der Waals surface area contributed by atoms with Crippen LogP contribution in [0.1, 0.15) is 113 Å². The summed E-state index contributed by atoms with van der Waals surface area (Å²) in [5.74, 6) is -0.417. The molecule has 4 aliphatic carbocycles. The molecule has 5 saturated heterocycles. The standard InChI is InChI=1S/C55H90O26S/c1-22(2)10-9-15-55(8,67)34-12-11-28-27-19-32(30-18-26(81-82(68,69)70)13-16-53(30,6)29(27)14-17-54(28,34)7)76-50-44(66)45(37(59)25(5)75-50)78-52-47(80-49-43(65)41(63)36(58)24(4)74-49)39(61)33(21-72-52)77-51-46(38(60)31(56)20-71-51)79-48-42(64)40(62)35(57)23(3)73-48/h10,14,23-28,30-52,56-67H,9,11-13,15-21H2,1-8H3,(H,68,69,70)/t23-,24-,25-,26+,27?,28?,30?,31-,32+,33-,34+,35+,36-,37-,38+,39+,40+,41+,42-,43-,44-,45+,46-,47-,48+,49+,50+,51+,52+,53-,54+,55+/m1/s1. The Morgan fingerprint density at radius 3 is 1.77 bits per heavy atom. The van der Waals surface area contributed by atoms with E-state index in [0.29, 0.717) is 25.7 Å². The molecule has 8 fully saturated rings. The normalized spacial score (nSPS) is 51.7. The highest BCUT2D eigenvalue weighted by molar-refractivity contribution is 7.80. The number of hydrogen-bond acceptors (Lipinski definition) is 25. The van der Waals surface area contributed by atoms with Gasteiger partial charge in [-0.25, -0.2) is 4.18 Å². The third-order valence-corrected chi connectivity index (χ3v) is 20.4. The van der Waals surface area contributed by atoms with E-state index in [-0.39, 0.29) is 29.6 Å². The van der Waals surface area contributed by atoms with Crippen molar-refractivity contribution in [2.75, 3.05) is 13.2 Å². The van der Waals surface area contributed by atoms with E-state index in [2.05, 4.69) is 26.0 Å². The molecule has 26 nitrogen and oxygen atoms in total. The maximum atomic E-state index is 12.4. The second-order valence-corrected chi connectivity index (χ2v) is 26.8. The fourth-order valence-corrected chi connectivity index (χ4v) is 15.8. The first-order valence-electron chi connectivity index (χ1n) is 29.0. The van der Waals surface area contributed by atoms with Gasteiger partial charge in [-0.2, -0.15) is 8.42 Å². The molecule has 9 aliphatic rings. The molecule has 5 aliphatic heterocycles. The zero-order valence-electron chi connectivity index (χ0n) is 47.7. The summed E-state index contributed by atoms with van der Waals surface area (Å²) in [6.45, 7) is 13.6. The van der Waals surface area contributed by atoms with Gasteiger partial charge in [0.2, 0.25) is 0 Å². The summed E-state index contributed by atoms with van der Waals surface area (Å²) in [6.07, 6.45) is -29.8. The van der Waals surface area contributed by atoms with Crippen LogP contribution >= 0.6 is 0 Å². The Labute approximate surface area is 478 Å².